The third-order valence-electron chi connectivity index (χ3n) is 3.64. The molecule has 0 bridgehead atoms. The van der Waals surface area contributed by atoms with Gasteiger partial charge in [0.05, 0.1) is 0 Å². The summed E-state index contributed by atoms with van der Waals surface area (Å²) < 4.78 is 0. The molecule has 2 nitrogen and oxygen atoms in total. The van der Waals surface area contributed by atoms with Crippen molar-refractivity contribution in [3.8, 4) is 5.75 Å². The Morgan fingerprint density at radius 1 is 1.15 bits per heavy atom. The second-order valence-corrected chi connectivity index (χ2v) is 5.65. The van der Waals surface area contributed by atoms with Crippen LogP contribution in [-0.2, 0) is 0 Å². The monoisotopic (exact) mass is 269 g/mol. The summed E-state index contributed by atoms with van der Waals surface area (Å²) in [4.78, 5) is 2.22. The molecule has 0 aliphatic heterocycles. The lowest BCUT2D eigenvalue weighted by Crippen LogP contribution is -2.20. The number of nitrogens with zero attached hydrogens (tertiary/aromatic N) is 1. The molecule has 0 aliphatic carbocycles. The molecule has 1 atom stereocenters. The average molecular weight is 269 g/mol. The molecule has 2 aromatic rings. The number of phenols is 1. The lowest BCUT2D eigenvalue weighted by atomic mass is 9.92. The van der Waals surface area contributed by atoms with Crippen LogP contribution in [-0.4, -0.2) is 30.6 Å². The topological polar surface area (TPSA) is 23.5 Å². The highest BCUT2D eigenvalue weighted by molar-refractivity contribution is 5.87. The van der Waals surface area contributed by atoms with Crippen molar-refractivity contribution in [1.29, 1.82) is 0 Å². The predicted octanol–water partition coefficient (Wildman–Crippen LogP) is 4.15. The summed E-state index contributed by atoms with van der Waals surface area (Å²) in [5.74, 6) is 0.807. The zero-order chi connectivity index (χ0) is 14.7. The fourth-order valence-electron chi connectivity index (χ4n) is 2.79. The van der Waals surface area contributed by atoms with E-state index in [9.17, 15) is 5.11 Å². The van der Waals surface area contributed by atoms with Crippen LogP contribution in [0.2, 0.25) is 0 Å². The molecule has 0 radical (unpaired) electrons. The van der Waals surface area contributed by atoms with Crippen molar-refractivity contribution in [2.45, 2.75) is 13.8 Å². The van der Waals surface area contributed by atoms with Gasteiger partial charge in [0.15, 0.2) is 0 Å². The summed E-state index contributed by atoms with van der Waals surface area (Å²) in [5.41, 5.74) is 2.63. The number of hydrogen-bond donors (Lipinski definition) is 1. The van der Waals surface area contributed by atoms with E-state index in [-0.39, 0.29) is 0 Å². The molecule has 2 rings (SSSR count). The molecule has 1 unspecified atom stereocenters. The van der Waals surface area contributed by atoms with Crippen molar-refractivity contribution >= 4 is 16.3 Å². The maximum atomic E-state index is 9.53. The number of aromatic hydroxyl groups is 1. The Hall–Kier alpha value is -1.80. The van der Waals surface area contributed by atoms with Crippen molar-refractivity contribution in [2.24, 2.45) is 5.92 Å². The van der Waals surface area contributed by atoms with Crippen LogP contribution in [0.1, 0.15) is 19.4 Å². The van der Waals surface area contributed by atoms with Gasteiger partial charge in [-0.2, -0.15) is 0 Å². The van der Waals surface area contributed by atoms with Crippen LogP contribution in [0, 0.1) is 5.92 Å². The van der Waals surface area contributed by atoms with Crippen LogP contribution in [0.3, 0.4) is 0 Å². The minimum atomic E-state index is 0.317. The van der Waals surface area contributed by atoms with Gasteiger partial charge in [0.1, 0.15) is 5.75 Å². The maximum absolute atomic E-state index is 9.53. The van der Waals surface area contributed by atoms with Gasteiger partial charge in [0, 0.05) is 6.54 Å². The molecule has 0 aromatic heterocycles. The second kappa shape index (κ2) is 6.10. The van der Waals surface area contributed by atoms with Gasteiger partial charge in [-0.05, 0) is 67.0 Å². The van der Waals surface area contributed by atoms with E-state index >= 15 is 0 Å². The molecular weight excluding hydrogens is 246 g/mol. The van der Waals surface area contributed by atoms with E-state index in [4.69, 9.17) is 0 Å². The van der Waals surface area contributed by atoms with Crippen LogP contribution in [0.5, 0.6) is 5.75 Å². The third kappa shape index (κ3) is 3.20. The van der Waals surface area contributed by atoms with Gasteiger partial charge in [0.2, 0.25) is 0 Å². The molecule has 0 fully saturated rings. The minimum absolute atomic E-state index is 0.317. The first-order chi connectivity index (χ1) is 9.51. The largest absolute Gasteiger partial charge is 0.508 e. The molecule has 20 heavy (non-hydrogen) atoms. The summed E-state index contributed by atoms with van der Waals surface area (Å²) in [6.45, 7) is 5.39. The fraction of sp³-hybridized carbons (Fsp3) is 0.333. The van der Waals surface area contributed by atoms with Gasteiger partial charge >= 0.3 is 0 Å². The Morgan fingerprint density at radius 2 is 1.80 bits per heavy atom. The molecule has 1 N–H and O–H groups in total. The highest BCUT2D eigenvalue weighted by atomic mass is 16.3. The Morgan fingerprint density at radius 3 is 2.45 bits per heavy atom. The quantitative estimate of drug-likeness (QED) is 0.901. The molecule has 0 saturated carbocycles. The standard InChI is InChI=1S/C18H23NO/c1-5-18(13(2)12-19(3)4)16-7-6-15-11-17(20)9-8-14(15)10-16/h5-11,13,20H,12H2,1-4H3. The minimum Gasteiger partial charge on any atom is -0.508 e. The normalized spacial score (nSPS) is 13.9. The fourth-order valence-corrected chi connectivity index (χ4v) is 2.79. The van der Waals surface area contributed by atoms with E-state index in [0.29, 0.717) is 11.7 Å². The average Bonchev–Trinajstić information content (AvgIpc) is 2.38. The maximum Gasteiger partial charge on any atom is 0.116 e. The van der Waals surface area contributed by atoms with E-state index in [0.717, 1.165) is 17.3 Å². The molecule has 2 aromatic carbocycles. The summed E-state index contributed by atoms with van der Waals surface area (Å²) in [6.07, 6.45) is 2.20. The van der Waals surface area contributed by atoms with Gasteiger partial charge in [-0.25, -0.2) is 0 Å². The van der Waals surface area contributed by atoms with E-state index in [1.54, 1.807) is 12.1 Å². The number of hydrogen-bond acceptors (Lipinski definition) is 2. The molecule has 0 heterocycles. The lowest BCUT2D eigenvalue weighted by molar-refractivity contribution is 0.376. The van der Waals surface area contributed by atoms with Gasteiger partial charge in [-0.15, -0.1) is 0 Å². The SMILES string of the molecule is CC=C(c1ccc2cc(O)ccc2c1)C(C)CN(C)C. The zero-order valence-corrected chi connectivity index (χ0v) is 12.7. The van der Waals surface area contributed by atoms with Crippen molar-refractivity contribution in [3.05, 3.63) is 48.0 Å². The molecule has 0 aliphatic rings. The smallest absolute Gasteiger partial charge is 0.116 e. The van der Waals surface area contributed by atoms with E-state index in [2.05, 4.69) is 57.1 Å². The molecular formula is C18H23NO. The Bertz CT molecular complexity index is 628. The van der Waals surface area contributed by atoms with Crippen LogP contribution >= 0.6 is 0 Å². The summed E-state index contributed by atoms with van der Waals surface area (Å²) in [5, 5.41) is 11.8. The van der Waals surface area contributed by atoms with Gasteiger partial charge < -0.3 is 10.0 Å². The lowest BCUT2D eigenvalue weighted by Gasteiger charge is -2.20. The molecule has 0 saturated heterocycles. The molecule has 106 valence electrons. The number of fused-ring (bicyclic) bond motifs is 1. The summed E-state index contributed by atoms with van der Waals surface area (Å²) >= 11 is 0. The Labute approximate surface area is 121 Å². The Kier molecular flexibility index (Phi) is 4.46. The van der Waals surface area contributed by atoms with Crippen LogP contribution in [0.15, 0.2) is 42.5 Å². The number of rotatable bonds is 4. The second-order valence-electron chi connectivity index (χ2n) is 5.65. The Balaban J connectivity index is 2.38. The van der Waals surface area contributed by atoms with Crippen molar-refractivity contribution in [3.63, 3.8) is 0 Å². The zero-order valence-electron chi connectivity index (χ0n) is 12.7. The van der Waals surface area contributed by atoms with Gasteiger partial charge in [-0.3, -0.25) is 0 Å². The highest BCUT2D eigenvalue weighted by Crippen LogP contribution is 2.28. The summed E-state index contributed by atoms with van der Waals surface area (Å²) in [6, 6.07) is 11.9. The molecule has 0 amide bonds. The van der Waals surface area contributed by atoms with Crippen molar-refractivity contribution in [2.75, 3.05) is 20.6 Å². The number of phenolic OH excluding ortho intramolecular Hbond substituents is 1. The first kappa shape index (κ1) is 14.6. The number of allylic oxidation sites excluding steroid dienone is 1. The van der Waals surface area contributed by atoms with Crippen LogP contribution in [0.4, 0.5) is 0 Å². The van der Waals surface area contributed by atoms with Crippen molar-refractivity contribution in [1.82, 2.24) is 4.90 Å². The van der Waals surface area contributed by atoms with E-state index in [1.807, 2.05) is 6.07 Å². The van der Waals surface area contributed by atoms with Crippen molar-refractivity contribution < 1.29 is 5.11 Å². The highest BCUT2D eigenvalue weighted by Gasteiger charge is 2.11. The van der Waals surface area contributed by atoms with Gasteiger partial charge in [-0.1, -0.05) is 31.2 Å². The molecule has 2 heteroatoms. The first-order valence-corrected chi connectivity index (χ1v) is 7.05. The number of benzene rings is 2. The van der Waals surface area contributed by atoms with Crippen LogP contribution in [0.25, 0.3) is 16.3 Å². The first-order valence-electron chi connectivity index (χ1n) is 7.05. The third-order valence-corrected chi connectivity index (χ3v) is 3.64. The van der Waals surface area contributed by atoms with E-state index < -0.39 is 0 Å². The van der Waals surface area contributed by atoms with E-state index in [1.165, 1.54) is 11.1 Å². The van der Waals surface area contributed by atoms with Crippen LogP contribution < -0.4 is 0 Å². The predicted molar refractivity (Wildman–Crippen MR) is 87.0 cm³/mol. The van der Waals surface area contributed by atoms with Gasteiger partial charge in [0.25, 0.3) is 0 Å². The summed E-state index contributed by atoms with van der Waals surface area (Å²) in [7, 11) is 4.21. The molecule has 0 spiro atoms.